The second-order valence-electron chi connectivity index (χ2n) is 12.7. The van der Waals surface area contributed by atoms with Crippen molar-refractivity contribution in [3.05, 3.63) is 175 Å². The van der Waals surface area contributed by atoms with Crippen molar-refractivity contribution in [2.75, 3.05) is 0 Å². The van der Waals surface area contributed by atoms with Crippen LogP contribution in [0.3, 0.4) is 0 Å². The zero-order chi connectivity index (χ0) is 41.9. The Balaban J connectivity index is 1.22. The molecule has 2 aliphatic rings. The fourth-order valence-electron chi connectivity index (χ4n) is 7.81. The lowest BCUT2D eigenvalue weighted by Crippen LogP contribution is -2.26. The SMILES string of the molecule is [2H]c1c([2H])c([2H])c(C2C([2H])C([2H])C3Oc4c([2H])c([2H])c([2H])c(-c5c6ccccc6c(-c6cccc(-c7ccc8ccccc8c7)c6)c6ccccc56)c4C3C2[2H])c([2H])c1[2H]. The monoisotopic (exact) mass is 639 g/mol. The quantitative estimate of drug-likeness (QED) is 0.174. The van der Waals surface area contributed by atoms with Gasteiger partial charge in [0.15, 0.2) is 0 Å². The summed E-state index contributed by atoms with van der Waals surface area (Å²) in [6.45, 7) is 0. The molecule has 0 radical (unpaired) electrons. The average Bonchev–Trinajstić information content (AvgIpc) is 3.68. The molecule has 8 aromatic carbocycles. The van der Waals surface area contributed by atoms with Crippen LogP contribution in [0, 0.1) is 0 Å². The van der Waals surface area contributed by atoms with E-state index in [4.69, 9.17) is 14.3 Å². The molecule has 8 aromatic rings. The molecule has 1 saturated carbocycles. The van der Waals surface area contributed by atoms with E-state index < -0.39 is 67.3 Å². The minimum Gasteiger partial charge on any atom is -0.489 e. The molecule has 10 rings (SSSR count). The molecule has 6 unspecified atom stereocenters. The average molecular weight is 640 g/mol. The summed E-state index contributed by atoms with van der Waals surface area (Å²) in [7, 11) is 0. The van der Waals surface area contributed by atoms with E-state index in [1.165, 1.54) is 0 Å². The van der Waals surface area contributed by atoms with Crippen molar-refractivity contribution in [1.82, 2.24) is 0 Å². The van der Waals surface area contributed by atoms with Crippen LogP contribution in [0.4, 0.5) is 0 Å². The Bertz CT molecular complexity index is 3020. The van der Waals surface area contributed by atoms with Crippen LogP contribution in [0.2, 0.25) is 0 Å². The molecule has 0 bridgehead atoms. The topological polar surface area (TPSA) is 9.23 Å². The summed E-state index contributed by atoms with van der Waals surface area (Å²) in [6.07, 6.45) is -5.26. The Labute approximate surface area is 302 Å². The highest BCUT2D eigenvalue weighted by Gasteiger charge is 2.41. The fourth-order valence-corrected chi connectivity index (χ4v) is 7.81. The van der Waals surface area contributed by atoms with Crippen molar-refractivity contribution >= 4 is 32.3 Å². The second kappa shape index (κ2) is 11.5. The van der Waals surface area contributed by atoms with Crippen LogP contribution in [0.25, 0.3) is 65.7 Å². The summed E-state index contributed by atoms with van der Waals surface area (Å²) < 4.78 is 105. The summed E-state index contributed by atoms with van der Waals surface area (Å²) in [6, 6.07) is 35.0. The Morgan fingerprint density at radius 1 is 0.551 bits per heavy atom. The number of ether oxygens (including phenoxy) is 1. The molecule has 1 heterocycles. The highest BCUT2D eigenvalue weighted by molar-refractivity contribution is 6.21. The van der Waals surface area contributed by atoms with Gasteiger partial charge in [0.25, 0.3) is 0 Å². The third kappa shape index (κ3) is 4.68. The molecule has 0 saturated heterocycles. The summed E-state index contributed by atoms with van der Waals surface area (Å²) >= 11 is 0. The van der Waals surface area contributed by atoms with Gasteiger partial charge in [-0.15, -0.1) is 0 Å². The molecule has 1 fully saturated rings. The summed E-state index contributed by atoms with van der Waals surface area (Å²) in [5, 5.41) is 5.57. The van der Waals surface area contributed by atoms with Crippen molar-refractivity contribution < 1.29 is 19.8 Å². The van der Waals surface area contributed by atoms with Crippen molar-refractivity contribution in [3.63, 3.8) is 0 Å². The Hall–Kier alpha value is -5.66. The minimum atomic E-state index is -1.42. The van der Waals surface area contributed by atoms with E-state index in [1.807, 2.05) is 66.7 Å². The largest absolute Gasteiger partial charge is 0.489 e. The van der Waals surface area contributed by atoms with Crippen LogP contribution in [-0.4, -0.2) is 6.10 Å². The van der Waals surface area contributed by atoms with E-state index in [0.717, 1.165) is 54.6 Å². The lowest BCUT2D eigenvalue weighted by atomic mass is 9.72. The van der Waals surface area contributed by atoms with Crippen LogP contribution in [-0.2, 0) is 0 Å². The first kappa shape index (κ1) is 19.4. The Morgan fingerprint density at radius 3 is 2.00 bits per heavy atom. The van der Waals surface area contributed by atoms with Crippen molar-refractivity contribution in [2.24, 2.45) is 0 Å². The second-order valence-corrected chi connectivity index (χ2v) is 12.7. The van der Waals surface area contributed by atoms with E-state index in [1.54, 1.807) is 0 Å². The number of rotatable bonds is 4. The van der Waals surface area contributed by atoms with E-state index in [0.29, 0.717) is 11.1 Å². The van der Waals surface area contributed by atoms with E-state index in [-0.39, 0.29) is 35.0 Å². The van der Waals surface area contributed by atoms with Gasteiger partial charge in [-0.3, -0.25) is 0 Å². The highest BCUT2D eigenvalue weighted by atomic mass is 16.5. The predicted molar refractivity (Wildman–Crippen MR) is 205 cm³/mol. The van der Waals surface area contributed by atoms with Gasteiger partial charge in [-0.2, -0.15) is 0 Å². The molecular weight excluding hydrogens is 593 g/mol. The molecule has 0 spiro atoms. The first-order chi connectivity index (χ1) is 28.9. The maximum atomic E-state index is 9.81. The molecule has 1 aliphatic heterocycles. The third-order valence-electron chi connectivity index (χ3n) is 10.0. The summed E-state index contributed by atoms with van der Waals surface area (Å²) in [5.41, 5.74) is 5.05. The number of hydrogen-bond acceptors (Lipinski definition) is 1. The van der Waals surface area contributed by atoms with Gasteiger partial charge in [-0.05, 0) is 115 Å². The molecule has 0 aromatic heterocycles. The lowest BCUT2D eigenvalue weighted by molar-refractivity contribution is 0.154. The van der Waals surface area contributed by atoms with Gasteiger partial charge in [-0.1, -0.05) is 145 Å². The molecule has 0 N–H and O–H groups in total. The number of hydrogen-bond donors (Lipinski definition) is 0. The molecule has 1 heteroatoms. The zero-order valence-corrected chi connectivity index (χ0v) is 26.3. The maximum Gasteiger partial charge on any atom is 0.123 e. The standard InChI is InChI=1S/C48H36O/c1-2-12-31(13-3-1)36-26-27-44-43(30-36)48-42(22-11-23-45(48)49-44)47-40-20-8-6-18-38(40)46(39-19-7-9-21-41(39)47)37-17-10-16-34(29-37)35-25-24-32-14-4-5-15-33(32)28-35/h1-25,28-29,36,43-44H,26-27,30H2/i1D,2D,3D,11D,12D,13D,22D,23D,26D,27D,30D. The van der Waals surface area contributed by atoms with Gasteiger partial charge < -0.3 is 4.74 Å². The van der Waals surface area contributed by atoms with Gasteiger partial charge in [0, 0.05) is 15.6 Å². The maximum absolute atomic E-state index is 9.81. The van der Waals surface area contributed by atoms with Crippen LogP contribution in [0.5, 0.6) is 5.75 Å². The van der Waals surface area contributed by atoms with Crippen LogP contribution in [0.1, 0.15) is 57.2 Å². The van der Waals surface area contributed by atoms with Crippen LogP contribution in [0.15, 0.2) is 164 Å². The van der Waals surface area contributed by atoms with Gasteiger partial charge >= 0.3 is 0 Å². The minimum absolute atomic E-state index is 0.0234. The third-order valence-corrected chi connectivity index (χ3v) is 10.0. The van der Waals surface area contributed by atoms with Crippen LogP contribution < -0.4 is 4.74 Å². The Morgan fingerprint density at radius 2 is 1.22 bits per heavy atom. The first-order valence-electron chi connectivity index (χ1n) is 22.3. The van der Waals surface area contributed by atoms with Gasteiger partial charge in [0.05, 0.1) is 11.0 Å². The van der Waals surface area contributed by atoms with Crippen LogP contribution >= 0.6 is 0 Å². The smallest absolute Gasteiger partial charge is 0.123 e. The number of fused-ring (bicyclic) bond motifs is 6. The van der Waals surface area contributed by atoms with E-state index >= 15 is 0 Å². The van der Waals surface area contributed by atoms with Gasteiger partial charge in [0.1, 0.15) is 11.9 Å². The number of benzene rings is 8. The highest BCUT2D eigenvalue weighted by Crippen LogP contribution is 2.55. The molecular formula is C48H36O. The summed E-state index contributed by atoms with van der Waals surface area (Å²) in [4.78, 5) is 0. The molecule has 0 amide bonds. The fraction of sp³-hybridized carbons (Fsp3) is 0.125. The van der Waals surface area contributed by atoms with E-state index in [2.05, 4.69) is 48.5 Å². The molecule has 234 valence electrons. The van der Waals surface area contributed by atoms with Gasteiger partial charge in [-0.25, -0.2) is 0 Å². The van der Waals surface area contributed by atoms with E-state index in [9.17, 15) is 5.48 Å². The van der Waals surface area contributed by atoms with Crippen molar-refractivity contribution in [2.45, 2.75) is 37.1 Å². The normalized spacial score (nSPS) is 26.0. The molecule has 49 heavy (non-hydrogen) atoms. The molecule has 6 atom stereocenters. The first-order valence-corrected chi connectivity index (χ1v) is 16.6. The molecule has 1 nitrogen and oxygen atoms in total. The Kier molecular flexibility index (Phi) is 4.54. The predicted octanol–water partition coefficient (Wildman–Crippen LogP) is 13.0. The van der Waals surface area contributed by atoms with Crippen molar-refractivity contribution in [1.29, 1.82) is 0 Å². The van der Waals surface area contributed by atoms with Gasteiger partial charge in [0.2, 0.25) is 0 Å². The van der Waals surface area contributed by atoms with Crippen molar-refractivity contribution in [3.8, 4) is 39.1 Å². The zero-order valence-electron chi connectivity index (χ0n) is 37.3. The summed E-state index contributed by atoms with van der Waals surface area (Å²) in [5.74, 6) is -2.36. The molecule has 1 aliphatic carbocycles. The lowest BCUT2D eigenvalue weighted by Gasteiger charge is -2.32.